The molecule has 1 saturated carbocycles. The molecule has 0 spiro atoms. The maximum absolute atomic E-state index is 14.3. The van der Waals surface area contributed by atoms with Crippen molar-refractivity contribution in [1.82, 2.24) is 5.32 Å². The van der Waals surface area contributed by atoms with E-state index in [2.05, 4.69) is 10.6 Å². The van der Waals surface area contributed by atoms with Gasteiger partial charge in [0.25, 0.3) is 0 Å². The molecule has 2 unspecified atom stereocenters. The molecule has 0 saturated heterocycles. The van der Waals surface area contributed by atoms with Crippen LogP contribution >= 0.6 is 46.4 Å². The highest BCUT2D eigenvalue weighted by molar-refractivity contribution is 6.53. The number of anilines is 1. The van der Waals surface area contributed by atoms with Gasteiger partial charge in [0.1, 0.15) is 27.5 Å². The number of benzene rings is 2. The minimum absolute atomic E-state index is 0.0177. The molecular weight excluding hydrogens is 549 g/mol. The molecular formula is C23H18Cl4F3N3O2. The number of allylic oxidation sites excluding steroid dienone is 1. The van der Waals surface area contributed by atoms with Crippen LogP contribution in [0, 0.1) is 11.7 Å². The van der Waals surface area contributed by atoms with E-state index in [9.17, 15) is 23.1 Å². The minimum atomic E-state index is -1.63. The average molecular weight is 567 g/mol. The molecule has 0 heterocycles. The first-order chi connectivity index (χ1) is 16.4. The van der Waals surface area contributed by atoms with E-state index in [0.717, 1.165) is 12.1 Å². The molecule has 35 heavy (non-hydrogen) atoms. The molecule has 5 N–H and O–H groups in total. The largest absolute Gasteiger partial charge is 0.369 e. The number of amides is 1. The first-order valence-corrected chi connectivity index (χ1v) is 11.8. The molecule has 12 heteroatoms. The molecule has 4 atom stereocenters. The van der Waals surface area contributed by atoms with E-state index in [0.29, 0.717) is 5.56 Å². The van der Waals surface area contributed by atoms with Crippen LogP contribution in [0.2, 0.25) is 10.0 Å². The van der Waals surface area contributed by atoms with E-state index < -0.39 is 57.5 Å². The number of carbonyl (C=O) groups excluding carboxylic acids is 1. The fourth-order valence-electron chi connectivity index (χ4n) is 3.91. The summed E-state index contributed by atoms with van der Waals surface area (Å²) in [5, 5.41) is 15.5. The SMILES string of the molecule is NC1CC=C(F)C(NC(O)c2cc(NC(=O)[C@H]3[C@H](c4ccc(F)c(Cl)c4)C3(Cl)Cl)ccc2Cl)=C1F. The Bertz CT molecular complexity index is 1250. The third-order valence-corrected chi connectivity index (χ3v) is 7.41. The molecule has 0 aromatic heterocycles. The first kappa shape index (κ1) is 26.1. The Hall–Kier alpha value is -1.94. The lowest BCUT2D eigenvalue weighted by Crippen LogP contribution is -2.30. The second kappa shape index (κ2) is 9.84. The molecule has 1 amide bonds. The van der Waals surface area contributed by atoms with E-state index in [-0.39, 0.29) is 27.7 Å². The summed E-state index contributed by atoms with van der Waals surface area (Å²) in [7, 11) is 0. The van der Waals surface area contributed by atoms with Crippen LogP contribution in [0.4, 0.5) is 18.9 Å². The average Bonchev–Trinajstić information content (AvgIpc) is 3.39. The number of nitrogens with one attached hydrogen (secondary N) is 2. The monoisotopic (exact) mass is 565 g/mol. The Balaban J connectivity index is 1.51. The smallest absolute Gasteiger partial charge is 0.231 e. The Labute approximate surface area is 218 Å². The second-order valence-electron chi connectivity index (χ2n) is 8.19. The van der Waals surface area contributed by atoms with Crippen LogP contribution < -0.4 is 16.4 Å². The molecule has 5 nitrogen and oxygen atoms in total. The van der Waals surface area contributed by atoms with Gasteiger partial charge in [-0.25, -0.2) is 13.2 Å². The van der Waals surface area contributed by atoms with Gasteiger partial charge in [-0.3, -0.25) is 4.79 Å². The van der Waals surface area contributed by atoms with Gasteiger partial charge < -0.3 is 21.5 Å². The molecule has 4 rings (SSSR count). The molecule has 2 aromatic rings. The van der Waals surface area contributed by atoms with Crippen molar-refractivity contribution in [2.45, 2.75) is 28.9 Å². The summed E-state index contributed by atoms with van der Waals surface area (Å²) in [5.41, 5.74) is 5.77. The van der Waals surface area contributed by atoms with Gasteiger partial charge in [0.2, 0.25) is 5.91 Å². The standard InChI is InChI=1S/C23H18Cl4F3N3O2/c24-12-3-2-10(8-11(12)21(34)33-20-15(29)5-6-16(31)19(20)30)32-22(35)18-17(23(18,26)27)9-1-4-14(28)13(25)7-9/h1-5,7-8,16-18,21,33-34H,6,31H2,(H,32,35)/t16?,17-,18+,21?/m0/s1. The van der Waals surface area contributed by atoms with Crippen LogP contribution in [-0.4, -0.2) is 21.4 Å². The zero-order valence-corrected chi connectivity index (χ0v) is 20.7. The maximum Gasteiger partial charge on any atom is 0.231 e. The number of carbonyl (C=O) groups is 1. The second-order valence-corrected chi connectivity index (χ2v) is 10.5. The zero-order valence-electron chi connectivity index (χ0n) is 17.6. The van der Waals surface area contributed by atoms with Crippen LogP contribution in [0.5, 0.6) is 0 Å². The van der Waals surface area contributed by atoms with Gasteiger partial charge in [-0.1, -0.05) is 29.3 Å². The van der Waals surface area contributed by atoms with Crippen molar-refractivity contribution in [3.63, 3.8) is 0 Å². The topological polar surface area (TPSA) is 87.4 Å². The molecule has 1 fully saturated rings. The summed E-state index contributed by atoms with van der Waals surface area (Å²) < 4.78 is 40.4. The lowest BCUT2D eigenvalue weighted by molar-refractivity contribution is -0.117. The van der Waals surface area contributed by atoms with E-state index in [1.54, 1.807) is 0 Å². The molecule has 2 aromatic carbocycles. The van der Waals surface area contributed by atoms with Gasteiger partial charge in [-0.05, 0) is 48.4 Å². The molecule has 0 aliphatic heterocycles. The minimum Gasteiger partial charge on any atom is -0.369 e. The molecule has 2 aliphatic carbocycles. The molecule has 2 aliphatic rings. The number of nitrogens with two attached hydrogens (primary N) is 1. The lowest BCUT2D eigenvalue weighted by Gasteiger charge is -2.23. The van der Waals surface area contributed by atoms with Gasteiger partial charge in [-0.2, -0.15) is 0 Å². The predicted octanol–water partition coefficient (Wildman–Crippen LogP) is 6.00. The van der Waals surface area contributed by atoms with Crippen LogP contribution in [0.3, 0.4) is 0 Å². The molecule has 186 valence electrons. The first-order valence-electron chi connectivity index (χ1n) is 10.3. The van der Waals surface area contributed by atoms with E-state index >= 15 is 0 Å². The Morgan fingerprint density at radius 1 is 1.11 bits per heavy atom. The van der Waals surface area contributed by atoms with E-state index in [1.165, 1.54) is 30.3 Å². The van der Waals surface area contributed by atoms with Gasteiger partial charge in [-0.15, -0.1) is 23.2 Å². The zero-order chi connectivity index (χ0) is 25.7. The van der Waals surface area contributed by atoms with E-state index in [4.69, 9.17) is 52.1 Å². The van der Waals surface area contributed by atoms with Crippen LogP contribution in [-0.2, 0) is 4.79 Å². The summed E-state index contributed by atoms with van der Waals surface area (Å²) in [6.45, 7) is 0. The highest BCUT2D eigenvalue weighted by atomic mass is 35.5. The van der Waals surface area contributed by atoms with Crippen LogP contribution in [0.15, 0.2) is 59.8 Å². The Morgan fingerprint density at radius 2 is 1.83 bits per heavy atom. The van der Waals surface area contributed by atoms with Crippen LogP contribution in [0.25, 0.3) is 0 Å². The van der Waals surface area contributed by atoms with Gasteiger partial charge in [0.15, 0.2) is 6.23 Å². The number of hydrogen-bond acceptors (Lipinski definition) is 4. The summed E-state index contributed by atoms with van der Waals surface area (Å²) in [5.74, 6) is -4.51. The van der Waals surface area contributed by atoms with Crippen molar-refractivity contribution in [2.75, 3.05) is 5.32 Å². The van der Waals surface area contributed by atoms with Gasteiger partial charge in [0, 0.05) is 22.2 Å². The van der Waals surface area contributed by atoms with E-state index in [1.807, 2.05) is 0 Å². The fourth-order valence-corrected chi connectivity index (χ4v) is 5.15. The number of rotatable bonds is 6. The summed E-state index contributed by atoms with van der Waals surface area (Å²) in [6, 6.07) is 7.10. The highest BCUT2D eigenvalue weighted by Crippen LogP contribution is 2.65. The van der Waals surface area contributed by atoms with Crippen molar-refractivity contribution < 1.29 is 23.1 Å². The maximum atomic E-state index is 14.3. The van der Waals surface area contributed by atoms with Crippen molar-refractivity contribution in [2.24, 2.45) is 11.7 Å². The molecule has 0 radical (unpaired) electrons. The quantitative estimate of drug-likeness (QED) is 0.255. The third-order valence-electron chi connectivity index (χ3n) is 5.83. The van der Waals surface area contributed by atoms with Crippen molar-refractivity contribution >= 4 is 58.0 Å². The normalized spacial score (nSPS) is 24.0. The number of aliphatic hydroxyl groups excluding tert-OH is 1. The predicted molar refractivity (Wildman–Crippen MR) is 130 cm³/mol. The summed E-state index contributed by atoms with van der Waals surface area (Å²) in [6.07, 6.45) is -0.540. The van der Waals surface area contributed by atoms with Gasteiger partial charge in [0.05, 0.1) is 17.0 Å². The van der Waals surface area contributed by atoms with Crippen molar-refractivity contribution in [1.29, 1.82) is 0 Å². The number of halogens is 7. The Kier molecular flexibility index (Phi) is 7.35. The van der Waals surface area contributed by atoms with Crippen LogP contribution in [0.1, 0.15) is 29.7 Å². The number of hydrogen-bond donors (Lipinski definition) is 4. The Morgan fingerprint density at radius 3 is 2.51 bits per heavy atom. The lowest BCUT2D eigenvalue weighted by atomic mass is 10.0. The summed E-state index contributed by atoms with van der Waals surface area (Å²) in [4.78, 5) is 12.9. The highest BCUT2D eigenvalue weighted by Gasteiger charge is 2.67. The molecule has 0 bridgehead atoms. The third kappa shape index (κ3) is 5.14. The van der Waals surface area contributed by atoms with Gasteiger partial charge >= 0.3 is 0 Å². The van der Waals surface area contributed by atoms with Crippen molar-refractivity contribution in [3.05, 3.63) is 86.8 Å². The summed E-state index contributed by atoms with van der Waals surface area (Å²) >= 11 is 24.6. The van der Waals surface area contributed by atoms with Crippen molar-refractivity contribution in [3.8, 4) is 0 Å². The number of aliphatic hydroxyl groups is 1. The fraction of sp³-hybridized carbons (Fsp3) is 0.261. The number of alkyl halides is 2.